The van der Waals surface area contributed by atoms with E-state index in [2.05, 4.69) is 39.5 Å². The van der Waals surface area contributed by atoms with Crippen molar-refractivity contribution in [2.24, 2.45) is 0 Å². The number of amides is 1. The molecule has 6 heteroatoms. The number of thiazole rings is 1. The SMILES string of the molecule is O=C(CSc1nc2ccccc2s1)NCc1ccccc1CN1CCCC1. The second kappa shape index (κ2) is 8.87. The molecule has 4 rings (SSSR count). The number of hydrogen-bond donors (Lipinski definition) is 1. The van der Waals surface area contributed by atoms with Gasteiger partial charge in [-0.1, -0.05) is 48.2 Å². The molecule has 1 aliphatic rings. The van der Waals surface area contributed by atoms with E-state index in [0.717, 1.165) is 21.1 Å². The normalized spacial score (nSPS) is 14.7. The van der Waals surface area contributed by atoms with Crippen LogP contribution in [0.5, 0.6) is 0 Å². The zero-order valence-corrected chi connectivity index (χ0v) is 16.8. The molecule has 0 saturated carbocycles. The van der Waals surface area contributed by atoms with Crippen LogP contribution in [0.3, 0.4) is 0 Å². The highest BCUT2D eigenvalue weighted by atomic mass is 32.2. The summed E-state index contributed by atoms with van der Waals surface area (Å²) in [5.74, 6) is 0.448. The number of thioether (sulfide) groups is 1. The van der Waals surface area contributed by atoms with Crippen LogP contribution in [-0.4, -0.2) is 34.6 Å². The maximum Gasteiger partial charge on any atom is 0.230 e. The van der Waals surface area contributed by atoms with Gasteiger partial charge in [0.05, 0.1) is 16.0 Å². The first-order chi connectivity index (χ1) is 13.3. The number of nitrogens with zero attached hydrogens (tertiary/aromatic N) is 2. The first-order valence-electron chi connectivity index (χ1n) is 9.32. The number of likely N-dealkylation sites (tertiary alicyclic amines) is 1. The van der Waals surface area contributed by atoms with Crippen molar-refractivity contribution < 1.29 is 4.79 Å². The van der Waals surface area contributed by atoms with Gasteiger partial charge >= 0.3 is 0 Å². The van der Waals surface area contributed by atoms with Crippen molar-refractivity contribution in [1.82, 2.24) is 15.2 Å². The molecule has 2 aromatic carbocycles. The fraction of sp³-hybridized carbons (Fsp3) is 0.333. The van der Waals surface area contributed by atoms with Gasteiger partial charge in [0.25, 0.3) is 0 Å². The molecule has 1 fully saturated rings. The number of benzene rings is 2. The molecule has 1 aliphatic heterocycles. The monoisotopic (exact) mass is 397 g/mol. The molecule has 2 heterocycles. The molecule has 1 aromatic heterocycles. The Morgan fingerprint density at radius 3 is 2.63 bits per heavy atom. The van der Waals surface area contributed by atoms with Crippen LogP contribution in [-0.2, 0) is 17.9 Å². The van der Waals surface area contributed by atoms with E-state index in [4.69, 9.17) is 0 Å². The predicted molar refractivity (Wildman–Crippen MR) is 113 cm³/mol. The summed E-state index contributed by atoms with van der Waals surface area (Å²) in [6, 6.07) is 16.5. The van der Waals surface area contributed by atoms with Crippen LogP contribution in [0.2, 0.25) is 0 Å². The summed E-state index contributed by atoms with van der Waals surface area (Å²) < 4.78 is 2.11. The fourth-order valence-electron chi connectivity index (χ4n) is 3.35. The molecule has 1 N–H and O–H groups in total. The second-order valence-electron chi connectivity index (χ2n) is 6.76. The molecular formula is C21H23N3OS2. The van der Waals surface area contributed by atoms with Gasteiger partial charge in [0.15, 0.2) is 4.34 Å². The lowest BCUT2D eigenvalue weighted by Gasteiger charge is -2.17. The van der Waals surface area contributed by atoms with E-state index in [9.17, 15) is 4.79 Å². The first-order valence-corrected chi connectivity index (χ1v) is 11.1. The largest absolute Gasteiger partial charge is 0.351 e. The van der Waals surface area contributed by atoms with E-state index in [1.807, 2.05) is 24.3 Å². The predicted octanol–water partition coefficient (Wildman–Crippen LogP) is 4.30. The Morgan fingerprint density at radius 2 is 1.81 bits per heavy atom. The number of hydrogen-bond acceptors (Lipinski definition) is 5. The van der Waals surface area contributed by atoms with Crippen molar-refractivity contribution in [1.29, 1.82) is 0 Å². The molecule has 4 nitrogen and oxygen atoms in total. The van der Waals surface area contributed by atoms with E-state index >= 15 is 0 Å². The van der Waals surface area contributed by atoms with E-state index in [1.54, 1.807) is 11.3 Å². The maximum absolute atomic E-state index is 12.3. The number of carbonyl (C=O) groups is 1. The van der Waals surface area contributed by atoms with Crippen molar-refractivity contribution in [2.75, 3.05) is 18.8 Å². The Morgan fingerprint density at radius 1 is 1.07 bits per heavy atom. The second-order valence-corrected chi connectivity index (χ2v) is 9.02. The lowest BCUT2D eigenvalue weighted by molar-refractivity contribution is -0.118. The molecule has 0 atom stereocenters. The van der Waals surface area contributed by atoms with E-state index in [1.165, 1.54) is 48.8 Å². The summed E-state index contributed by atoms with van der Waals surface area (Å²) >= 11 is 3.15. The van der Waals surface area contributed by atoms with Gasteiger partial charge in [0, 0.05) is 13.1 Å². The molecule has 3 aromatic rings. The van der Waals surface area contributed by atoms with Crippen LogP contribution in [0.25, 0.3) is 10.2 Å². The molecule has 27 heavy (non-hydrogen) atoms. The molecule has 1 saturated heterocycles. The highest BCUT2D eigenvalue weighted by molar-refractivity contribution is 8.01. The molecule has 0 radical (unpaired) electrons. The highest BCUT2D eigenvalue weighted by Gasteiger charge is 2.14. The number of carbonyl (C=O) groups excluding carboxylic acids is 1. The third-order valence-corrected chi connectivity index (χ3v) is 6.97. The van der Waals surface area contributed by atoms with Crippen molar-refractivity contribution in [2.45, 2.75) is 30.3 Å². The smallest absolute Gasteiger partial charge is 0.230 e. The molecule has 0 aliphatic carbocycles. The van der Waals surface area contributed by atoms with Gasteiger partial charge < -0.3 is 5.32 Å². The molecule has 1 amide bonds. The standard InChI is InChI=1S/C21H23N3OS2/c25-20(15-26-21-23-18-9-3-4-10-19(18)27-21)22-13-16-7-1-2-8-17(16)14-24-11-5-6-12-24/h1-4,7-10H,5-6,11-15H2,(H,22,25). The van der Waals surface area contributed by atoms with Crippen molar-refractivity contribution in [3.05, 3.63) is 59.7 Å². The summed E-state index contributed by atoms with van der Waals surface area (Å²) in [5.41, 5.74) is 3.53. The van der Waals surface area contributed by atoms with Crippen molar-refractivity contribution in [3.8, 4) is 0 Å². The highest BCUT2D eigenvalue weighted by Crippen LogP contribution is 2.29. The maximum atomic E-state index is 12.3. The van der Waals surface area contributed by atoms with Crippen LogP contribution in [0, 0.1) is 0 Å². The molecular weight excluding hydrogens is 374 g/mol. The lowest BCUT2D eigenvalue weighted by atomic mass is 10.1. The van der Waals surface area contributed by atoms with Gasteiger partial charge in [-0.15, -0.1) is 11.3 Å². The molecule has 0 unspecified atom stereocenters. The van der Waals surface area contributed by atoms with Crippen molar-refractivity contribution >= 4 is 39.2 Å². The summed E-state index contributed by atoms with van der Waals surface area (Å²) in [4.78, 5) is 19.4. The van der Waals surface area contributed by atoms with Gasteiger partial charge in [-0.25, -0.2) is 4.98 Å². The van der Waals surface area contributed by atoms with E-state index in [-0.39, 0.29) is 5.91 Å². The third kappa shape index (κ3) is 4.89. The fourth-order valence-corrected chi connectivity index (χ4v) is 5.25. The zero-order chi connectivity index (χ0) is 18.5. The van der Waals surface area contributed by atoms with E-state index < -0.39 is 0 Å². The van der Waals surface area contributed by atoms with Crippen LogP contribution in [0.15, 0.2) is 52.9 Å². The molecule has 0 spiro atoms. The quantitative estimate of drug-likeness (QED) is 0.604. The number of rotatable bonds is 7. The average molecular weight is 398 g/mol. The van der Waals surface area contributed by atoms with Crippen LogP contribution in [0.1, 0.15) is 24.0 Å². The Hall–Kier alpha value is -1.89. The number of nitrogens with one attached hydrogen (secondary N) is 1. The van der Waals surface area contributed by atoms with Crippen molar-refractivity contribution in [3.63, 3.8) is 0 Å². The molecule has 140 valence electrons. The summed E-state index contributed by atoms with van der Waals surface area (Å²) in [7, 11) is 0. The number of para-hydroxylation sites is 1. The van der Waals surface area contributed by atoms with Gasteiger partial charge in [-0.3, -0.25) is 9.69 Å². The van der Waals surface area contributed by atoms with Crippen LogP contribution >= 0.6 is 23.1 Å². The Balaban J connectivity index is 1.30. The first kappa shape index (κ1) is 18.5. The summed E-state index contributed by atoms with van der Waals surface area (Å²) in [5, 5.41) is 3.07. The Kier molecular flexibility index (Phi) is 6.07. The third-order valence-electron chi connectivity index (χ3n) is 4.79. The average Bonchev–Trinajstić information content (AvgIpc) is 3.34. The van der Waals surface area contributed by atoms with Gasteiger partial charge in [0.1, 0.15) is 0 Å². The topological polar surface area (TPSA) is 45.2 Å². The minimum atomic E-state index is 0.0511. The number of fused-ring (bicyclic) bond motifs is 1. The summed E-state index contributed by atoms with van der Waals surface area (Å²) in [6.45, 7) is 3.93. The Bertz CT molecular complexity index is 885. The van der Waals surface area contributed by atoms with Crippen LogP contribution in [0.4, 0.5) is 0 Å². The van der Waals surface area contributed by atoms with E-state index in [0.29, 0.717) is 12.3 Å². The van der Waals surface area contributed by atoms with Crippen LogP contribution < -0.4 is 5.32 Å². The van der Waals surface area contributed by atoms with Gasteiger partial charge in [-0.2, -0.15) is 0 Å². The summed E-state index contributed by atoms with van der Waals surface area (Å²) in [6.07, 6.45) is 2.59. The lowest BCUT2D eigenvalue weighted by Crippen LogP contribution is -2.26. The zero-order valence-electron chi connectivity index (χ0n) is 15.2. The van der Waals surface area contributed by atoms with Gasteiger partial charge in [-0.05, 0) is 49.2 Å². The minimum absolute atomic E-state index is 0.0511. The Labute approximate surface area is 168 Å². The minimum Gasteiger partial charge on any atom is -0.351 e. The van der Waals surface area contributed by atoms with Gasteiger partial charge in [0.2, 0.25) is 5.91 Å². The number of aromatic nitrogens is 1. The molecule has 0 bridgehead atoms.